The fourth-order valence-electron chi connectivity index (χ4n) is 4.26. The first kappa shape index (κ1) is 26.1. The van der Waals surface area contributed by atoms with Gasteiger partial charge < -0.3 is 9.88 Å². The number of aromatic nitrogens is 3. The molecule has 0 atom stereocenters. The lowest BCUT2D eigenvalue weighted by molar-refractivity contribution is -0.113. The predicted octanol–water partition coefficient (Wildman–Crippen LogP) is 6.99. The van der Waals surface area contributed by atoms with Gasteiger partial charge in [0.15, 0.2) is 5.16 Å². The van der Waals surface area contributed by atoms with Crippen LogP contribution in [0.5, 0.6) is 0 Å². The molecular formula is C29H24Cl2N4O2S. The van der Waals surface area contributed by atoms with Gasteiger partial charge in [-0.05, 0) is 47.9 Å². The Labute approximate surface area is 234 Å². The molecule has 192 valence electrons. The molecular weight excluding hydrogens is 539 g/mol. The maximum absolute atomic E-state index is 13.9. The van der Waals surface area contributed by atoms with Gasteiger partial charge in [0.25, 0.3) is 5.56 Å². The number of amides is 1. The number of anilines is 1. The van der Waals surface area contributed by atoms with Crippen LogP contribution in [0.25, 0.3) is 27.8 Å². The number of hydrogen-bond acceptors (Lipinski definition) is 4. The van der Waals surface area contributed by atoms with Crippen LogP contribution in [-0.4, -0.2) is 25.8 Å². The molecule has 0 bridgehead atoms. The van der Waals surface area contributed by atoms with Crippen LogP contribution in [0.2, 0.25) is 10.0 Å². The first-order valence-electron chi connectivity index (χ1n) is 12.0. The molecule has 2 aromatic heterocycles. The molecule has 38 heavy (non-hydrogen) atoms. The molecule has 0 unspecified atom stereocenters. The molecule has 0 radical (unpaired) electrons. The number of carbonyl (C=O) groups is 1. The van der Waals surface area contributed by atoms with Crippen LogP contribution in [0, 0.1) is 0 Å². The van der Waals surface area contributed by atoms with E-state index in [2.05, 4.69) is 12.2 Å². The van der Waals surface area contributed by atoms with Crippen molar-refractivity contribution in [2.75, 3.05) is 11.1 Å². The first-order valence-corrected chi connectivity index (χ1v) is 13.7. The van der Waals surface area contributed by atoms with E-state index in [9.17, 15) is 9.59 Å². The Bertz CT molecular complexity index is 1700. The van der Waals surface area contributed by atoms with Crippen LogP contribution in [0.1, 0.15) is 12.5 Å². The van der Waals surface area contributed by atoms with Gasteiger partial charge in [0.2, 0.25) is 5.91 Å². The lowest BCUT2D eigenvalue weighted by Crippen LogP contribution is -2.24. The van der Waals surface area contributed by atoms with Gasteiger partial charge in [0, 0.05) is 23.8 Å². The van der Waals surface area contributed by atoms with Gasteiger partial charge in [-0.15, -0.1) is 0 Å². The fourth-order valence-corrected chi connectivity index (χ4v) is 5.40. The van der Waals surface area contributed by atoms with E-state index in [0.29, 0.717) is 37.6 Å². The molecule has 6 nitrogen and oxygen atoms in total. The molecule has 2 heterocycles. The zero-order chi connectivity index (χ0) is 26.8. The molecule has 0 fully saturated rings. The normalized spacial score (nSPS) is 11.2. The van der Waals surface area contributed by atoms with Crippen LogP contribution < -0.4 is 10.9 Å². The Balaban J connectivity index is 1.58. The summed E-state index contributed by atoms with van der Waals surface area (Å²) in [7, 11) is 1.84. The van der Waals surface area contributed by atoms with E-state index in [0.717, 1.165) is 23.1 Å². The Morgan fingerprint density at radius 2 is 1.76 bits per heavy atom. The van der Waals surface area contributed by atoms with E-state index >= 15 is 0 Å². The Morgan fingerprint density at radius 3 is 2.47 bits per heavy atom. The lowest BCUT2D eigenvalue weighted by Gasteiger charge is -2.14. The standard InChI is InChI=1S/C29H24Cl2N4O2S/c1-3-18-9-12-21(13-10-18)35-28(37)27-26(22(16-34(27)2)19-7-5-4-6-8-19)33-29(35)38-17-25(36)32-24-15-20(30)11-14-23(24)31/h4-16H,3,17H2,1-2H3,(H,32,36). The number of halogens is 2. The summed E-state index contributed by atoms with van der Waals surface area (Å²) in [6.07, 6.45) is 2.81. The highest BCUT2D eigenvalue weighted by Crippen LogP contribution is 2.31. The van der Waals surface area contributed by atoms with Crippen molar-refractivity contribution < 1.29 is 4.79 Å². The third-order valence-electron chi connectivity index (χ3n) is 6.18. The molecule has 5 rings (SSSR count). The van der Waals surface area contributed by atoms with Gasteiger partial charge in [0.1, 0.15) is 11.0 Å². The average Bonchev–Trinajstić information content (AvgIpc) is 3.26. The highest BCUT2D eigenvalue weighted by atomic mass is 35.5. The Kier molecular flexibility index (Phi) is 7.61. The highest BCUT2D eigenvalue weighted by molar-refractivity contribution is 7.99. The quantitative estimate of drug-likeness (QED) is 0.171. The highest BCUT2D eigenvalue weighted by Gasteiger charge is 2.20. The molecule has 0 aliphatic rings. The summed E-state index contributed by atoms with van der Waals surface area (Å²) in [5.74, 6) is -0.279. The average molecular weight is 564 g/mol. The maximum atomic E-state index is 13.9. The Morgan fingerprint density at radius 1 is 1.03 bits per heavy atom. The lowest BCUT2D eigenvalue weighted by atomic mass is 10.1. The third kappa shape index (κ3) is 5.23. The number of benzene rings is 3. The molecule has 3 aromatic carbocycles. The summed E-state index contributed by atoms with van der Waals surface area (Å²) in [6.45, 7) is 2.08. The SMILES string of the molecule is CCc1ccc(-n2c(SCC(=O)Nc3cc(Cl)ccc3Cl)nc3c(-c4ccccc4)cn(C)c3c2=O)cc1. The van der Waals surface area contributed by atoms with Crippen LogP contribution in [0.3, 0.4) is 0 Å². The largest absolute Gasteiger partial charge is 0.344 e. The molecule has 1 amide bonds. The topological polar surface area (TPSA) is 68.9 Å². The second-order valence-electron chi connectivity index (χ2n) is 8.73. The number of nitrogens with zero attached hydrogens (tertiary/aromatic N) is 3. The zero-order valence-electron chi connectivity index (χ0n) is 20.7. The molecule has 0 aliphatic carbocycles. The van der Waals surface area contributed by atoms with Crippen molar-refractivity contribution >= 4 is 57.6 Å². The minimum absolute atomic E-state index is 0.0152. The molecule has 0 saturated heterocycles. The van der Waals surface area contributed by atoms with Gasteiger partial charge in [-0.1, -0.05) is 84.4 Å². The molecule has 1 N–H and O–H groups in total. The van der Waals surface area contributed by atoms with Crippen LogP contribution in [0.15, 0.2) is 88.9 Å². The molecule has 9 heteroatoms. The summed E-state index contributed by atoms with van der Waals surface area (Å²) < 4.78 is 3.38. The summed E-state index contributed by atoms with van der Waals surface area (Å²) >= 11 is 13.5. The van der Waals surface area contributed by atoms with Crippen molar-refractivity contribution in [3.05, 3.63) is 105 Å². The number of thioether (sulfide) groups is 1. The van der Waals surface area contributed by atoms with Crippen molar-refractivity contribution in [1.29, 1.82) is 0 Å². The van der Waals surface area contributed by atoms with E-state index in [1.807, 2.05) is 72.4 Å². The first-order chi connectivity index (χ1) is 18.4. The van der Waals surface area contributed by atoms with Crippen molar-refractivity contribution in [2.45, 2.75) is 18.5 Å². The summed E-state index contributed by atoms with van der Waals surface area (Å²) in [4.78, 5) is 31.8. The Hall–Kier alpha value is -3.52. The van der Waals surface area contributed by atoms with E-state index < -0.39 is 0 Å². The number of fused-ring (bicyclic) bond motifs is 1. The maximum Gasteiger partial charge on any atom is 0.283 e. The van der Waals surface area contributed by atoms with Gasteiger partial charge in [-0.25, -0.2) is 4.98 Å². The number of hydrogen-bond donors (Lipinski definition) is 1. The van der Waals surface area contributed by atoms with Crippen molar-refractivity contribution in [1.82, 2.24) is 14.1 Å². The summed E-state index contributed by atoms with van der Waals surface area (Å²) in [5.41, 5.74) is 4.96. The molecule has 0 aliphatic heterocycles. The van der Waals surface area contributed by atoms with Crippen molar-refractivity contribution in [3.63, 3.8) is 0 Å². The minimum atomic E-state index is -0.294. The molecule has 5 aromatic rings. The number of nitrogens with one attached hydrogen (secondary N) is 1. The molecule has 0 saturated carbocycles. The summed E-state index contributed by atoms with van der Waals surface area (Å²) in [5, 5.41) is 4.06. The summed E-state index contributed by atoms with van der Waals surface area (Å²) in [6, 6.07) is 22.5. The van der Waals surface area contributed by atoms with Crippen LogP contribution >= 0.6 is 35.0 Å². The minimum Gasteiger partial charge on any atom is -0.344 e. The number of carbonyl (C=O) groups excluding carboxylic acids is 1. The van der Waals surface area contributed by atoms with Crippen molar-refractivity contribution in [2.24, 2.45) is 7.05 Å². The number of rotatable bonds is 7. The van der Waals surface area contributed by atoms with Gasteiger partial charge in [-0.3, -0.25) is 14.2 Å². The predicted molar refractivity (Wildman–Crippen MR) is 157 cm³/mol. The van der Waals surface area contributed by atoms with E-state index in [4.69, 9.17) is 28.2 Å². The third-order valence-corrected chi connectivity index (χ3v) is 7.68. The zero-order valence-corrected chi connectivity index (χ0v) is 23.1. The van der Waals surface area contributed by atoms with Gasteiger partial charge >= 0.3 is 0 Å². The smallest absolute Gasteiger partial charge is 0.283 e. The second-order valence-corrected chi connectivity index (χ2v) is 10.5. The van der Waals surface area contributed by atoms with Crippen LogP contribution in [-0.2, 0) is 18.3 Å². The van der Waals surface area contributed by atoms with Crippen LogP contribution in [0.4, 0.5) is 5.69 Å². The van der Waals surface area contributed by atoms with Gasteiger partial charge in [-0.2, -0.15) is 0 Å². The number of aryl methyl sites for hydroxylation is 2. The molecule has 0 spiro atoms. The van der Waals surface area contributed by atoms with E-state index in [1.165, 1.54) is 11.8 Å². The monoisotopic (exact) mass is 562 g/mol. The fraction of sp³-hybridized carbons (Fsp3) is 0.138. The van der Waals surface area contributed by atoms with Crippen molar-refractivity contribution in [3.8, 4) is 16.8 Å². The van der Waals surface area contributed by atoms with Gasteiger partial charge in [0.05, 0.1) is 22.2 Å². The second kappa shape index (κ2) is 11.1. The van der Waals surface area contributed by atoms with E-state index in [-0.39, 0.29) is 17.2 Å². The van der Waals surface area contributed by atoms with E-state index in [1.54, 1.807) is 22.8 Å².